The Labute approximate surface area is 103 Å². The zero-order valence-electron chi connectivity index (χ0n) is 8.54. The van der Waals surface area contributed by atoms with Crippen molar-refractivity contribution in [3.63, 3.8) is 0 Å². The Bertz CT molecular complexity index is 397. The maximum absolute atomic E-state index is 5.95. The van der Waals surface area contributed by atoms with Gasteiger partial charge in [-0.25, -0.2) is 9.97 Å². The van der Waals surface area contributed by atoms with E-state index in [0.717, 1.165) is 9.39 Å². The van der Waals surface area contributed by atoms with Crippen molar-refractivity contribution in [2.75, 3.05) is 5.73 Å². The van der Waals surface area contributed by atoms with Gasteiger partial charge < -0.3 is 5.73 Å². The van der Waals surface area contributed by atoms with E-state index in [9.17, 15) is 0 Å². The zero-order chi connectivity index (χ0) is 10.4. The fraction of sp³-hybridized carbons (Fsp3) is 0.636. The number of nitrogen functional groups attached to an aromatic ring is 1. The van der Waals surface area contributed by atoms with Crippen molar-refractivity contribution in [1.82, 2.24) is 9.97 Å². The summed E-state index contributed by atoms with van der Waals surface area (Å²) in [5, 5.41) is 0. The lowest BCUT2D eigenvalue weighted by Crippen LogP contribution is -2.16. The number of halogens is 1. The molecule has 2 N–H and O–H groups in total. The molecule has 0 unspecified atom stereocenters. The van der Waals surface area contributed by atoms with Crippen LogP contribution >= 0.6 is 22.6 Å². The summed E-state index contributed by atoms with van der Waals surface area (Å²) in [6.45, 7) is 0. The summed E-state index contributed by atoms with van der Waals surface area (Å²) in [6.07, 6.45) is 6.35. The number of hydrogen-bond acceptors (Lipinski definition) is 3. The highest BCUT2D eigenvalue weighted by atomic mass is 127. The van der Waals surface area contributed by atoms with Crippen LogP contribution in [-0.2, 0) is 0 Å². The quantitative estimate of drug-likeness (QED) is 0.854. The Kier molecular flexibility index (Phi) is 2.34. The molecule has 0 amide bonds. The highest BCUT2D eigenvalue weighted by Crippen LogP contribution is 2.43. The molecule has 2 aliphatic carbocycles. The highest BCUT2D eigenvalue weighted by molar-refractivity contribution is 14.1. The van der Waals surface area contributed by atoms with Crippen molar-refractivity contribution in [3.05, 3.63) is 15.1 Å². The number of aromatic nitrogens is 2. The first-order valence-electron chi connectivity index (χ1n) is 5.58. The second-order valence-electron chi connectivity index (χ2n) is 4.57. The predicted octanol–water partition coefficient (Wildman–Crippen LogP) is 2.81. The normalized spacial score (nSPS) is 21.4. The van der Waals surface area contributed by atoms with E-state index < -0.39 is 0 Å². The maximum atomic E-state index is 5.95. The molecule has 2 saturated carbocycles. The summed E-state index contributed by atoms with van der Waals surface area (Å²) in [7, 11) is 0. The summed E-state index contributed by atoms with van der Waals surface area (Å²) < 4.78 is 1.08. The van der Waals surface area contributed by atoms with Gasteiger partial charge in [-0.05, 0) is 48.3 Å². The van der Waals surface area contributed by atoms with Gasteiger partial charge in [-0.1, -0.05) is 6.42 Å². The molecule has 0 spiro atoms. The van der Waals surface area contributed by atoms with Crippen LogP contribution in [0.2, 0.25) is 0 Å². The maximum Gasteiger partial charge on any atom is 0.140 e. The molecule has 2 fully saturated rings. The van der Waals surface area contributed by atoms with Crippen molar-refractivity contribution in [2.24, 2.45) is 0 Å². The minimum absolute atomic E-state index is 0.585. The van der Waals surface area contributed by atoms with Crippen LogP contribution in [0.15, 0.2) is 0 Å². The number of rotatable bonds is 2. The van der Waals surface area contributed by atoms with E-state index in [2.05, 4.69) is 27.6 Å². The van der Waals surface area contributed by atoms with Crippen LogP contribution in [0.5, 0.6) is 0 Å². The topological polar surface area (TPSA) is 51.8 Å². The molecular weight excluding hydrogens is 301 g/mol. The Morgan fingerprint density at radius 1 is 1.07 bits per heavy atom. The third-order valence-corrected chi connectivity index (χ3v) is 4.46. The molecule has 0 radical (unpaired) electrons. The van der Waals surface area contributed by atoms with E-state index >= 15 is 0 Å². The molecule has 15 heavy (non-hydrogen) atoms. The minimum Gasteiger partial charge on any atom is -0.383 e. The van der Waals surface area contributed by atoms with Crippen LogP contribution < -0.4 is 5.73 Å². The minimum atomic E-state index is 0.585. The van der Waals surface area contributed by atoms with Crippen molar-refractivity contribution >= 4 is 28.4 Å². The number of anilines is 1. The third-order valence-electron chi connectivity index (χ3n) is 3.35. The monoisotopic (exact) mass is 315 g/mol. The molecular formula is C11H14IN3. The third kappa shape index (κ3) is 1.73. The zero-order valence-corrected chi connectivity index (χ0v) is 10.7. The lowest BCUT2D eigenvalue weighted by molar-refractivity contribution is 0.400. The molecule has 1 heterocycles. The first-order chi connectivity index (χ1) is 7.25. The number of nitrogens with two attached hydrogens (primary N) is 1. The SMILES string of the molecule is Nc1nc(C2CCC2)nc(C2CC2)c1I. The van der Waals surface area contributed by atoms with E-state index in [1.165, 1.54) is 37.8 Å². The Balaban J connectivity index is 2.00. The lowest BCUT2D eigenvalue weighted by Gasteiger charge is -2.24. The van der Waals surface area contributed by atoms with Gasteiger partial charge in [0.05, 0.1) is 9.26 Å². The van der Waals surface area contributed by atoms with Crippen LogP contribution in [0.1, 0.15) is 55.5 Å². The first-order valence-corrected chi connectivity index (χ1v) is 6.66. The first kappa shape index (κ1) is 9.81. The summed E-state index contributed by atoms with van der Waals surface area (Å²) in [4.78, 5) is 9.14. The van der Waals surface area contributed by atoms with Gasteiger partial charge in [0, 0.05) is 11.8 Å². The fourth-order valence-electron chi connectivity index (χ4n) is 1.98. The van der Waals surface area contributed by atoms with E-state index in [1.54, 1.807) is 0 Å². The molecule has 80 valence electrons. The lowest BCUT2D eigenvalue weighted by atomic mass is 9.85. The number of hydrogen-bond donors (Lipinski definition) is 1. The van der Waals surface area contributed by atoms with Crippen LogP contribution in [0, 0.1) is 3.57 Å². The second kappa shape index (κ2) is 3.57. The van der Waals surface area contributed by atoms with E-state index in [4.69, 9.17) is 10.7 Å². The van der Waals surface area contributed by atoms with Gasteiger partial charge in [-0.15, -0.1) is 0 Å². The molecule has 3 rings (SSSR count). The van der Waals surface area contributed by atoms with E-state index in [-0.39, 0.29) is 0 Å². The summed E-state index contributed by atoms with van der Waals surface area (Å²) >= 11 is 2.28. The summed E-state index contributed by atoms with van der Waals surface area (Å²) in [5.41, 5.74) is 7.16. The molecule has 1 aromatic rings. The largest absolute Gasteiger partial charge is 0.383 e. The molecule has 1 aromatic heterocycles. The van der Waals surface area contributed by atoms with Crippen LogP contribution in [0.3, 0.4) is 0 Å². The molecule has 0 aromatic carbocycles. The van der Waals surface area contributed by atoms with Crippen molar-refractivity contribution in [2.45, 2.75) is 43.9 Å². The average Bonchev–Trinajstić information content (AvgIpc) is 2.90. The number of nitrogens with zero attached hydrogens (tertiary/aromatic N) is 2. The van der Waals surface area contributed by atoms with Gasteiger partial charge >= 0.3 is 0 Å². The highest BCUT2D eigenvalue weighted by Gasteiger charge is 2.31. The molecule has 2 aliphatic rings. The fourth-order valence-corrected chi connectivity index (χ4v) is 2.66. The van der Waals surface area contributed by atoms with Gasteiger partial charge in [0.1, 0.15) is 11.6 Å². The Morgan fingerprint density at radius 2 is 1.80 bits per heavy atom. The molecule has 0 atom stereocenters. The molecule has 0 aliphatic heterocycles. The van der Waals surface area contributed by atoms with Gasteiger partial charge in [0.15, 0.2) is 0 Å². The van der Waals surface area contributed by atoms with Crippen molar-refractivity contribution < 1.29 is 0 Å². The molecule has 4 heteroatoms. The smallest absolute Gasteiger partial charge is 0.140 e. The van der Waals surface area contributed by atoms with Crippen LogP contribution in [0.25, 0.3) is 0 Å². The van der Waals surface area contributed by atoms with Crippen LogP contribution in [-0.4, -0.2) is 9.97 Å². The van der Waals surface area contributed by atoms with Crippen molar-refractivity contribution in [1.29, 1.82) is 0 Å². The van der Waals surface area contributed by atoms with Gasteiger partial charge in [-0.2, -0.15) is 0 Å². The van der Waals surface area contributed by atoms with Gasteiger partial charge in [0.2, 0.25) is 0 Å². The van der Waals surface area contributed by atoms with Gasteiger partial charge in [-0.3, -0.25) is 0 Å². The molecule has 3 nitrogen and oxygen atoms in total. The summed E-state index contributed by atoms with van der Waals surface area (Å²) in [5.74, 6) is 2.94. The van der Waals surface area contributed by atoms with E-state index in [0.29, 0.717) is 17.7 Å². The second-order valence-corrected chi connectivity index (χ2v) is 5.65. The van der Waals surface area contributed by atoms with Gasteiger partial charge in [0.25, 0.3) is 0 Å². The average molecular weight is 315 g/mol. The Morgan fingerprint density at radius 3 is 2.33 bits per heavy atom. The standard InChI is InChI=1S/C11H14IN3/c12-8-9(6-4-5-6)14-11(15-10(8)13)7-2-1-3-7/h6-7H,1-5H2,(H2,13,14,15). The molecule has 0 saturated heterocycles. The summed E-state index contributed by atoms with van der Waals surface area (Å²) in [6, 6.07) is 0. The van der Waals surface area contributed by atoms with Crippen LogP contribution in [0.4, 0.5) is 5.82 Å². The molecule has 0 bridgehead atoms. The predicted molar refractivity (Wildman–Crippen MR) is 67.7 cm³/mol. The Hall–Kier alpha value is -0.390. The van der Waals surface area contributed by atoms with E-state index in [1.807, 2.05) is 0 Å². The van der Waals surface area contributed by atoms with Crippen molar-refractivity contribution in [3.8, 4) is 0 Å².